The summed E-state index contributed by atoms with van der Waals surface area (Å²) in [6, 6.07) is 40.3. The second-order valence-corrected chi connectivity index (χ2v) is 9.79. The fraction of sp³-hybridized carbons (Fsp3) is 0.0909. The molecule has 0 saturated heterocycles. The third kappa shape index (κ3) is 2.52. The van der Waals surface area contributed by atoms with Gasteiger partial charge in [0, 0.05) is 5.41 Å². The van der Waals surface area contributed by atoms with Gasteiger partial charge in [-0.3, -0.25) is 0 Å². The molecule has 6 aromatic rings. The largest absolute Gasteiger partial charge is 0.0616 e. The molecule has 1 aliphatic rings. The van der Waals surface area contributed by atoms with Crippen LogP contribution in [0, 0.1) is 0 Å². The number of benzene rings is 6. The molecule has 0 saturated carbocycles. The van der Waals surface area contributed by atoms with Crippen molar-refractivity contribution in [2.45, 2.75) is 19.3 Å². The molecule has 0 atom stereocenters. The molecule has 0 spiro atoms. The summed E-state index contributed by atoms with van der Waals surface area (Å²) in [5.74, 6) is 0. The molecule has 0 bridgehead atoms. The van der Waals surface area contributed by atoms with Gasteiger partial charge in [0.2, 0.25) is 0 Å². The third-order valence-electron chi connectivity index (χ3n) is 7.60. The van der Waals surface area contributed by atoms with Crippen LogP contribution >= 0.6 is 0 Å². The molecule has 0 aliphatic heterocycles. The van der Waals surface area contributed by atoms with Gasteiger partial charge in [0.15, 0.2) is 0 Å². The molecule has 0 N–H and O–H groups in total. The molecule has 33 heavy (non-hydrogen) atoms. The van der Waals surface area contributed by atoms with Gasteiger partial charge in [-0.25, -0.2) is 0 Å². The van der Waals surface area contributed by atoms with Crippen molar-refractivity contribution in [3.63, 3.8) is 0 Å². The summed E-state index contributed by atoms with van der Waals surface area (Å²) >= 11 is 0. The van der Waals surface area contributed by atoms with Gasteiger partial charge in [-0.15, -0.1) is 0 Å². The van der Waals surface area contributed by atoms with E-state index in [1.165, 1.54) is 65.7 Å². The summed E-state index contributed by atoms with van der Waals surface area (Å²) in [4.78, 5) is 0. The van der Waals surface area contributed by atoms with Crippen LogP contribution in [0.5, 0.6) is 0 Å². The van der Waals surface area contributed by atoms with Crippen molar-refractivity contribution in [1.82, 2.24) is 0 Å². The first-order valence-corrected chi connectivity index (χ1v) is 11.7. The Morgan fingerprint density at radius 1 is 0.485 bits per heavy atom. The summed E-state index contributed by atoms with van der Waals surface area (Å²) in [6.45, 7) is 4.78. The van der Waals surface area contributed by atoms with Crippen molar-refractivity contribution in [3.05, 3.63) is 120 Å². The van der Waals surface area contributed by atoms with Crippen molar-refractivity contribution in [2.75, 3.05) is 0 Å². The fourth-order valence-corrected chi connectivity index (χ4v) is 6.03. The SMILES string of the molecule is CC1(C)c2cc(-c3ccc4ccccc4c3)ccc2-c2c1c1ccccc1c1ccccc21. The highest BCUT2D eigenvalue weighted by Crippen LogP contribution is 2.55. The van der Waals surface area contributed by atoms with E-state index in [-0.39, 0.29) is 5.41 Å². The molecule has 6 aromatic carbocycles. The van der Waals surface area contributed by atoms with Crippen LogP contribution in [0.25, 0.3) is 54.6 Å². The topological polar surface area (TPSA) is 0 Å². The Kier molecular flexibility index (Phi) is 3.71. The van der Waals surface area contributed by atoms with E-state index in [0.29, 0.717) is 0 Å². The average molecular weight is 421 g/mol. The van der Waals surface area contributed by atoms with E-state index in [1.54, 1.807) is 0 Å². The van der Waals surface area contributed by atoms with Crippen molar-refractivity contribution >= 4 is 32.3 Å². The van der Waals surface area contributed by atoms with Crippen LogP contribution in [0.4, 0.5) is 0 Å². The lowest BCUT2D eigenvalue weighted by Gasteiger charge is -2.24. The quantitative estimate of drug-likeness (QED) is 0.233. The van der Waals surface area contributed by atoms with Crippen LogP contribution in [-0.4, -0.2) is 0 Å². The highest BCUT2D eigenvalue weighted by Gasteiger charge is 2.38. The molecule has 0 heteroatoms. The molecule has 0 unspecified atom stereocenters. The van der Waals surface area contributed by atoms with E-state index in [2.05, 4.69) is 123 Å². The highest BCUT2D eigenvalue weighted by atomic mass is 14.4. The van der Waals surface area contributed by atoms with Crippen molar-refractivity contribution in [1.29, 1.82) is 0 Å². The second-order valence-electron chi connectivity index (χ2n) is 9.79. The van der Waals surface area contributed by atoms with Crippen molar-refractivity contribution in [3.8, 4) is 22.3 Å². The van der Waals surface area contributed by atoms with Gasteiger partial charge in [0.1, 0.15) is 0 Å². The third-order valence-corrected chi connectivity index (χ3v) is 7.60. The van der Waals surface area contributed by atoms with Crippen molar-refractivity contribution < 1.29 is 0 Å². The van der Waals surface area contributed by atoms with E-state index < -0.39 is 0 Å². The number of fused-ring (bicyclic) bond motifs is 9. The maximum Gasteiger partial charge on any atom is 0.0165 e. The summed E-state index contributed by atoms with van der Waals surface area (Å²) in [6.07, 6.45) is 0. The van der Waals surface area contributed by atoms with Crippen molar-refractivity contribution in [2.24, 2.45) is 0 Å². The fourth-order valence-electron chi connectivity index (χ4n) is 6.03. The number of hydrogen-bond acceptors (Lipinski definition) is 0. The minimum atomic E-state index is -0.0683. The monoisotopic (exact) mass is 420 g/mol. The van der Waals surface area contributed by atoms with Gasteiger partial charge in [-0.1, -0.05) is 111 Å². The maximum absolute atomic E-state index is 2.43. The predicted octanol–water partition coefficient (Wildman–Crippen LogP) is 9.12. The minimum Gasteiger partial charge on any atom is -0.0616 e. The van der Waals surface area contributed by atoms with E-state index in [9.17, 15) is 0 Å². The van der Waals surface area contributed by atoms with Gasteiger partial charge in [-0.2, -0.15) is 0 Å². The normalized spacial score (nSPS) is 14.0. The Morgan fingerprint density at radius 2 is 1.06 bits per heavy atom. The summed E-state index contributed by atoms with van der Waals surface area (Å²) in [5.41, 5.74) is 8.16. The Labute approximate surface area is 194 Å². The molecule has 1 aliphatic carbocycles. The van der Waals surface area contributed by atoms with Crippen LogP contribution in [0.15, 0.2) is 109 Å². The maximum atomic E-state index is 2.43. The Bertz CT molecular complexity index is 1730. The zero-order valence-corrected chi connectivity index (χ0v) is 18.9. The van der Waals surface area contributed by atoms with Crippen LogP contribution < -0.4 is 0 Å². The molecular weight excluding hydrogens is 396 g/mol. The van der Waals surface area contributed by atoms with Crippen LogP contribution in [0.2, 0.25) is 0 Å². The lowest BCUT2D eigenvalue weighted by atomic mass is 9.79. The van der Waals surface area contributed by atoms with E-state index in [0.717, 1.165) is 0 Å². The first-order chi connectivity index (χ1) is 16.1. The van der Waals surface area contributed by atoms with Gasteiger partial charge < -0.3 is 0 Å². The molecule has 0 fully saturated rings. The molecule has 0 heterocycles. The lowest BCUT2D eigenvalue weighted by molar-refractivity contribution is 0.667. The number of rotatable bonds is 1. The van der Waals surface area contributed by atoms with Gasteiger partial charge >= 0.3 is 0 Å². The van der Waals surface area contributed by atoms with Crippen LogP contribution in [0.3, 0.4) is 0 Å². The lowest BCUT2D eigenvalue weighted by Crippen LogP contribution is -2.15. The Hall–Kier alpha value is -3.90. The smallest absolute Gasteiger partial charge is 0.0165 e. The standard InChI is InChI=1S/C33H24/c1-33(2)30-20-24(23-16-15-21-9-3-4-10-22(21)19-23)17-18-29(30)31-27-13-7-5-11-25(27)26-12-6-8-14-28(26)32(31)33/h3-20H,1-2H3. The molecule has 156 valence electrons. The molecule has 7 rings (SSSR count). The zero-order chi connectivity index (χ0) is 22.2. The van der Waals surface area contributed by atoms with E-state index >= 15 is 0 Å². The summed E-state index contributed by atoms with van der Waals surface area (Å²) < 4.78 is 0. The molecular formula is C33H24. The van der Waals surface area contributed by atoms with Gasteiger partial charge in [0.25, 0.3) is 0 Å². The van der Waals surface area contributed by atoms with Crippen LogP contribution in [0.1, 0.15) is 25.0 Å². The minimum absolute atomic E-state index is 0.0683. The zero-order valence-electron chi connectivity index (χ0n) is 18.9. The van der Waals surface area contributed by atoms with Gasteiger partial charge in [0.05, 0.1) is 0 Å². The first kappa shape index (κ1) is 18.7. The number of hydrogen-bond donors (Lipinski definition) is 0. The first-order valence-electron chi connectivity index (χ1n) is 11.7. The van der Waals surface area contributed by atoms with E-state index in [1.807, 2.05) is 0 Å². The predicted molar refractivity (Wildman–Crippen MR) is 142 cm³/mol. The van der Waals surface area contributed by atoms with Crippen LogP contribution in [-0.2, 0) is 5.41 Å². The summed E-state index contributed by atoms with van der Waals surface area (Å²) in [7, 11) is 0. The summed E-state index contributed by atoms with van der Waals surface area (Å²) in [5, 5.41) is 8.00. The Balaban J connectivity index is 1.53. The highest BCUT2D eigenvalue weighted by molar-refractivity contribution is 6.18. The molecule has 0 amide bonds. The molecule has 0 radical (unpaired) electrons. The van der Waals surface area contributed by atoms with E-state index in [4.69, 9.17) is 0 Å². The second kappa shape index (κ2) is 6.56. The Morgan fingerprint density at radius 3 is 1.85 bits per heavy atom. The molecule has 0 aromatic heterocycles. The average Bonchev–Trinajstić information content (AvgIpc) is 3.11. The van der Waals surface area contributed by atoms with Gasteiger partial charge in [-0.05, 0) is 77.8 Å². The molecule has 0 nitrogen and oxygen atoms in total.